The highest BCUT2D eigenvalue weighted by Crippen LogP contribution is 2.24. The van der Waals surface area contributed by atoms with Crippen molar-refractivity contribution in [3.63, 3.8) is 0 Å². The molecule has 0 saturated carbocycles. The predicted molar refractivity (Wildman–Crippen MR) is 73.2 cm³/mol. The number of hydrogen-bond acceptors (Lipinski definition) is 3. The molecule has 0 radical (unpaired) electrons. The lowest BCUT2D eigenvalue weighted by molar-refractivity contribution is 0.416. The molecule has 1 heterocycles. The van der Waals surface area contributed by atoms with E-state index >= 15 is 0 Å². The van der Waals surface area contributed by atoms with Crippen LogP contribution in [-0.4, -0.2) is 23.2 Å². The quantitative estimate of drug-likeness (QED) is 0.880. The van der Waals surface area contributed by atoms with Gasteiger partial charge < -0.3 is 14.6 Å². The molecular formula is C14H19N3O. The first-order valence-electron chi connectivity index (χ1n) is 6.07. The molecule has 0 aliphatic carbocycles. The second kappa shape index (κ2) is 5.58. The van der Waals surface area contributed by atoms with E-state index in [1.54, 1.807) is 7.11 Å². The van der Waals surface area contributed by atoms with Crippen LogP contribution in [0.3, 0.4) is 0 Å². The summed E-state index contributed by atoms with van der Waals surface area (Å²) in [6.07, 6.45) is 3.81. The second-order valence-corrected chi connectivity index (χ2v) is 4.30. The van der Waals surface area contributed by atoms with Crippen LogP contribution in [0, 0.1) is 13.8 Å². The highest BCUT2D eigenvalue weighted by atomic mass is 16.5. The number of anilines is 1. The Morgan fingerprint density at radius 2 is 2.17 bits per heavy atom. The van der Waals surface area contributed by atoms with Crippen molar-refractivity contribution in [1.29, 1.82) is 0 Å². The van der Waals surface area contributed by atoms with Crippen molar-refractivity contribution in [2.75, 3.05) is 19.0 Å². The van der Waals surface area contributed by atoms with Gasteiger partial charge in [0.2, 0.25) is 0 Å². The van der Waals surface area contributed by atoms with Crippen molar-refractivity contribution < 1.29 is 4.74 Å². The van der Waals surface area contributed by atoms with Gasteiger partial charge in [0.1, 0.15) is 11.6 Å². The van der Waals surface area contributed by atoms with Gasteiger partial charge in [0.25, 0.3) is 0 Å². The van der Waals surface area contributed by atoms with Crippen molar-refractivity contribution in [2.45, 2.75) is 20.4 Å². The molecule has 1 aromatic carbocycles. The first kappa shape index (κ1) is 12.5. The topological polar surface area (TPSA) is 39.1 Å². The number of ether oxygens (including phenoxy) is 1. The minimum atomic E-state index is 0.844. The summed E-state index contributed by atoms with van der Waals surface area (Å²) in [4.78, 5) is 4.20. The molecule has 4 nitrogen and oxygen atoms in total. The van der Waals surface area contributed by atoms with Crippen molar-refractivity contribution in [3.8, 4) is 5.75 Å². The Balaban J connectivity index is 1.98. The maximum atomic E-state index is 5.33. The van der Waals surface area contributed by atoms with Crippen LogP contribution >= 0.6 is 0 Å². The molecule has 0 spiro atoms. The molecule has 0 atom stereocenters. The maximum absolute atomic E-state index is 5.33. The molecule has 0 bridgehead atoms. The SMILES string of the molecule is COc1ccc(C)cc1NCCn1ccnc1C. The summed E-state index contributed by atoms with van der Waals surface area (Å²) >= 11 is 0. The lowest BCUT2D eigenvalue weighted by Gasteiger charge is -2.12. The molecule has 4 heteroatoms. The van der Waals surface area contributed by atoms with Crippen LogP contribution in [0.25, 0.3) is 0 Å². The number of rotatable bonds is 5. The van der Waals surface area contributed by atoms with Crippen LogP contribution in [0.5, 0.6) is 5.75 Å². The number of aromatic nitrogens is 2. The monoisotopic (exact) mass is 245 g/mol. The molecule has 2 rings (SSSR count). The van der Waals surface area contributed by atoms with E-state index < -0.39 is 0 Å². The number of nitrogens with zero attached hydrogens (tertiary/aromatic N) is 2. The van der Waals surface area contributed by atoms with Crippen molar-refractivity contribution >= 4 is 5.69 Å². The summed E-state index contributed by atoms with van der Waals surface area (Å²) in [5.41, 5.74) is 2.26. The Morgan fingerprint density at radius 1 is 1.33 bits per heavy atom. The molecule has 0 fully saturated rings. The summed E-state index contributed by atoms with van der Waals surface area (Å²) in [5, 5.41) is 3.40. The molecular weight excluding hydrogens is 226 g/mol. The number of benzene rings is 1. The number of imidazole rings is 1. The van der Waals surface area contributed by atoms with E-state index in [2.05, 4.69) is 27.9 Å². The van der Waals surface area contributed by atoms with Gasteiger partial charge in [0, 0.05) is 25.5 Å². The third kappa shape index (κ3) is 2.83. The zero-order valence-corrected chi connectivity index (χ0v) is 11.1. The number of nitrogens with one attached hydrogen (secondary N) is 1. The molecule has 2 aromatic rings. The third-order valence-corrected chi connectivity index (χ3v) is 2.95. The van der Waals surface area contributed by atoms with E-state index in [4.69, 9.17) is 4.74 Å². The van der Waals surface area contributed by atoms with Gasteiger partial charge in [-0.05, 0) is 31.5 Å². The maximum Gasteiger partial charge on any atom is 0.141 e. The van der Waals surface area contributed by atoms with Crippen LogP contribution in [0.4, 0.5) is 5.69 Å². The van der Waals surface area contributed by atoms with Gasteiger partial charge in [0.05, 0.1) is 12.8 Å². The first-order valence-corrected chi connectivity index (χ1v) is 6.07. The van der Waals surface area contributed by atoms with Gasteiger partial charge in [-0.25, -0.2) is 4.98 Å². The summed E-state index contributed by atoms with van der Waals surface area (Å²) in [6.45, 7) is 5.82. The van der Waals surface area contributed by atoms with Gasteiger partial charge in [-0.1, -0.05) is 6.07 Å². The molecule has 18 heavy (non-hydrogen) atoms. The molecule has 0 saturated heterocycles. The predicted octanol–water partition coefficient (Wildman–Crippen LogP) is 2.62. The normalized spacial score (nSPS) is 10.4. The van der Waals surface area contributed by atoms with Crippen molar-refractivity contribution in [2.24, 2.45) is 0 Å². The van der Waals surface area contributed by atoms with Gasteiger partial charge >= 0.3 is 0 Å². The van der Waals surface area contributed by atoms with E-state index in [1.165, 1.54) is 5.56 Å². The standard InChI is InChI=1S/C14H19N3O/c1-11-4-5-14(18-3)13(10-11)16-7-9-17-8-6-15-12(17)2/h4-6,8,10,16H,7,9H2,1-3H3. The van der Waals surface area contributed by atoms with Crippen LogP contribution in [0.1, 0.15) is 11.4 Å². The summed E-state index contributed by atoms with van der Waals surface area (Å²) < 4.78 is 7.45. The average Bonchev–Trinajstić information content (AvgIpc) is 2.76. The van der Waals surface area contributed by atoms with Crippen LogP contribution in [0.15, 0.2) is 30.6 Å². The van der Waals surface area contributed by atoms with E-state index in [9.17, 15) is 0 Å². The van der Waals surface area contributed by atoms with Gasteiger partial charge in [-0.15, -0.1) is 0 Å². The largest absolute Gasteiger partial charge is 0.495 e. The minimum absolute atomic E-state index is 0.844. The average molecular weight is 245 g/mol. The Hall–Kier alpha value is -1.97. The van der Waals surface area contributed by atoms with E-state index in [1.807, 2.05) is 31.5 Å². The van der Waals surface area contributed by atoms with E-state index in [-0.39, 0.29) is 0 Å². The van der Waals surface area contributed by atoms with E-state index in [0.29, 0.717) is 0 Å². The van der Waals surface area contributed by atoms with Crippen LogP contribution in [-0.2, 0) is 6.54 Å². The molecule has 0 unspecified atom stereocenters. The zero-order valence-electron chi connectivity index (χ0n) is 11.1. The molecule has 0 aliphatic rings. The fourth-order valence-electron chi connectivity index (χ4n) is 1.91. The zero-order chi connectivity index (χ0) is 13.0. The van der Waals surface area contributed by atoms with Gasteiger partial charge in [0.15, 0.2) is 0 Å². The molecule has 1 N–H and O–H groups in total. The molecule has 96 valence electrons. The number of methoxy groups -OCH3 is 1. The lowest BCUT2D eigenvalue weighted by atomic mass is 10.2. The number of hydrogen-bond donors (Lipinski definition) is 1. The Labute approximate surface area is 108 Å². The summed E-state index contributed by atoms with van der Waals surface area (Å²) in [7, 11) is 1.69. The first-order chi connectivity index (χ1) is 8.70. The lowest BCUT2D eigenvalue weighted by Crippen LogP contribution is -2.11. The third-order valence-electron chi connectivity index (χ3n) is 2.95. The number of aryl methyl sites for hydroxylation is 2. The molecule has 0 amide bonds. The molecule has 1 aromatic heterocycles. The Morgan fingerprint density at radius 3 is 2.83 bits per heavy atom. The van der Waals surface area contributed by atoms with Gasteiger partial charge in [-0.2, -0.15) is 0 Å². The van der Waals surface area contributed by atoms with Gasteiger partial charge in [-0.3, -0.25) is 0 Å². The minimum Gasteiger partial charge on any atom is -0.495 e. The van der Waals surface area contributed by atoms with E-state index in [0.717, 1.165) is 30.4 Å². The van der Waals surface area contributed by atoms with Crippen LogP contribution in [0.2, 0.25) is 0 Å². The summed E-state index contributed by atoms with van der Waals surface area (Å²) in [6, 6.07) is 6.13. The highest BCUT2D eigenvalue weighted by molar-refractivity contribution is 5.57. The molecule has 0 aliphatic heterocycles. The fourth-order valence-corrected chi connectivity index (χ4v) is 1.91. The Bertz CT molecular complexity index is 520. The van der Waals surface area contributed by atoms with Crippen molar-refractivity contribution in [3.05, 3.63) is 42.0 Å². The Kier molecular flexibility index (Phi) is 3.87. The fraction of sp³-hybridized carbons (Fsp3) is 0.357. The second-order valence-electron chi connectivity index (χ2n) is 4.30. The smallest absolute Gasteiger partial charge is 0.141 e. The highest BCUT2D eigenvalue weighted by Gasteiger charge is 2.02. The summed E-state index contributed by atoms with van der Waals surface area (Å²) in [5.74, 6) is 1.91. The van der Waals surface area contributed by atoms with Crippen LogP contribution < -0.4 is 10.1 Å². The van der Waals surface area contributed by atoms with Crippen molar-refractivity contribution in [1.82, 2.24) is 9.55 Å².